The molecule has 1 aromatic rings. The van der Waals surface area contributed by atoms with Gasteiger partial charge in [0.25, 0.3) is 0 Å². The van der Waals surface area contributed by atoms with Gasteiger partial charge < -0.3 is 20.3 Å². The van der Waals surface area contributed by atoms with E-state index in [9.17, 15) is 4.79 Å². The van der Waals surface area contributed by atoms with Crippen molar-refractivity contribution in [2.75, 3.05) is 38.0 Å². The Morgan fingerprint density at radius 3 is 2.68 bits per heavy atom. The Kier molecular flexibility index (Phi) is 5.57. The van der Waals surface area contributed by atoms with Gasteiger partial charge in [-0.25, -0.2) is 4.98 Å². The molecule has 0 bridgehead atoms. The molecule has 1 aromatic heterocycles. The summed E-state index contributed by atoms with van der Waals surface area (Å²) in [5.74, 6) is 0.284. The Bertz CT molecular complexity index is 433. The smallest absolute Gasteiger partial charge is 0.239 e. The Morgan fingerprint density at radius 1 is 1.47 bits per heavy atom. The summed E-state index contributed by atoms with van der Waals surface area (Å²) in [6.07, 6.45) is 1.65. The van der Waals surface area contributed by atoms with E-state index >= 15 is 0 Å². The van der Waals surface area contributed by atoms with Crippen molar-refractivity contribution in [1.82, 2.24) is 10.3 Å². The molecule has 0 saturated heterocycles. The molecule has 0 fully saturated rings. The van der Waals surface area contributed by atoms with Gasteiger partial charge in [0, 0.05) is 26.3 Å². The summed E-state index contributed by atoms with van der Waals surface area (Å²) in [5, 5.41) is 5.90. The van der Waals surface area contributed by atoms with E-state index in [1.807, 2.05) is 38.9 Å². The van der Waals surface area contributed by atoms with Crippen molar-refractivity contribution in [3.63, 3.8) is 0 Å². The van der Waals surface area contributed by atoms with E-state index in [1.165, 1.54) is 7.11 Å². The summed E-state index contributed by atoms with van der Waals surface area (Å²) < 4.78 is 5.19. The van der Waals surface area contributed by atoms with Crippen molar-refractivity contribution < 1.29 is 9.53 Å². The number of amides is 1. The Balaban J connectivity index is 2.88. The molecule has 2 N–H and O–H groups in total. The third-order valence-electron chi connectivity index (χ3n) is 2.50. The number of nitrogens with one attached hydrogen (secondary N) is 2. The van der Waals surface area contributed by atoms with Crippen LogP contribution in [-0.2, 0) is 4.79 Å². The molecule has 106 valence electrons. The monoisotopic (exact) mass is 266 g/mol. The van der Waals surface area contributed by atoms with Gasteiger partial charge in [-0.3, -0.25) is 4.79 Å². The Morgan fingerprint density at radius 2 is 2.16 bits per heavy atom. The lowest BCUT2D eigenvalue weighted by Gasteiger charge is -2.19. The lowest BCUT2D eigenvalue weighted by molar-refractivity contribution is -0.115. The number of hydrogen-bond donors (Lipinski definition) is 2. The fourth-order valence-corrected chi connectivity index (χ4v) is 1.56. The van der Waals surface area contributed by atoms with Gasteiger partial charge in [-0.15, -0.1) is 0 Å². The van der Waals surface area contributed by atoms with Crippen LogP contribution < -0.4 is 20.3 Å². The van der Waals surface area contributed by atoms with Crippen LogP contribution in [0.5, 0.6) is 5.88 Å². The van der Waals surface area contributed by atoms with Crippen molar-refractivity contribution >= 4 is 17.3 Å². The highest BCUT2D eigenvalue weighted by Crippen LogP contribution is 2.31. The number of anilines is 2. The molecule has 0 aliphatic heterocycles. The van der Waals surface area contributed by atoms with E-state index in [0.717, 1.165) is 5.69 Å². The topological polar surface area (TPSA) is 66.5 Å². The van der Waals surface area contributed by atoms with Gasteiger partial charge >= 0.3 is 0 Å². The van der Waals surface area contributed by atoms with Crippen molar-refractivity contribution in [2.45, 2.75) is 19.9 Å². The summed E-state index contributed by atoms with van der Waals surface area (Å²) >= 11 is 0. The number of carbonyl (C=O) groups excluding carboxylic acids is 1. The molecule has 0 aliphatic carbocycles. The Labute approximate surface area is 114 Å². The number of carbonyl (C=O) groups is 1. The van der Waals surface area contributed by atoms with Gasteiger partial charge in [-0.1, -0.05) is 13.8 Å². The first-order chi connectivity index (χ1) is 8.95. The van der Waals surface area contributed by atoms with Crippen LogP contribution in [0.25, 0.3) is 0 Å². The van der Waals surface area contributed by atoms with Crippen molar-refractivity contribution in [3.8, 4) is 5.88 Å². The fraction of sp³-hybridized carbons (Fsp3) is 0.538. The van der Waals surface area contributed by atoms with E-state index in [4.69, 9.17) is 4.74 Å². The molecule has 1 amide bonds. The SMILES string of the molecule is COc1nccc(N(C)C)c1NC(=O)CNC(C)C. The molecular weight excluding hydrogens is 244 g/mol. The van der Waals surface area contributed by atoms with Gasteiger partial charge in [0.15, 0.2) is 0 Å². The highest BCUT2D eigenvalue weighted by atomic mass is 16.5. The number of hydrogen-bond acceptors (Lipinski definition) is 5. The van der Waals surface area contributed by atoms with Crippen LogP contribution in [0.1, 0.15) is 13.8 Å². The minimum absolute atomic E-state index is 0.122. The molecule has 6 heteroatoms. The number of nitrogens with zero attached hydrogens (tertiary/aromatic N) is 2. The number of ether oxygens (including phenoxy) is 1. The zero-order valence-electron chi connectivity index (χ0n) is 12.2. The average Bonchev–Trinajstić information content (AvgIpc) is 2.36. The van der Waals surface area contributed by atoms with Gasteiger partial charge in [-0.05, 0) is 6.07 Å². The Hall–Kier alpha value is -1.82. The lowest BCUT2D eigenvalue weighted by atomic mass is 10.3. The molecule has 1 heterocycles. The van der Waals surface area contributed by atoms with Gasteiger partial charge in [0.2, 0.25) is 11.8 Å². The van der Waals surface area contributed by atoms with Crippen molar-refractivity contribution in [2.24, 2.45) is 0 Å². The van der Waals surface area contributed by atoms with Gasteiger partial charge in [0.1, 0.15) is 5.69 Å². The third-order valence-corrected chi connectivity index (χ3v) is 2.50. The first kappa shape index (κ1) is 15.2. The highest BCUT2D eigenvalue weighted by molar-refractivity contribution is 5.97. The third kappa shape index (κ3) is 4.40. The molecule has 0 atom stereocenters. The van der Waals surface area contributed by atoms with Gasteiger partial charge in [0.05, 0.1) is 19.3 Å². The number of pyridine rings is 1. The normalized spacial score (nSPS) is 10.4. The number of rotatable bonds is 6. The zero-order valence-corrected chi connectivity index (χ0v) is 12.2. The van der Waals surface area contributed by atoms with Gasteiger partial charge in [-0.2, -0.15) is 0 Å². The molecule has 0 unspecified atom stereocenters. The van der Waals surface area contributed by atoms with Crippen molar-refractivity contribution in [1.29, 1.82) is 0 Å². The molecule has 1 rings (SSSR count). The quantitative estimate of drug-likeness (QED) is 0.807. The number of aromatic nitrogens is 1. The molecule has 0 spiro atoms. The predicted molar refractivity (Wildman–Crippen MR) is 76.9 cm³/mol. The van der Waals surface area contributed by atoms with E-state index < -0.39 is 0 Å². The number of methoxy groups -OCH3 is 1. The summed E-state index contributed by atoms with van der Waals surface area (Å²) in [7, 11) is 5.33. The predicted octanol–water partition coefficient (Wildman–Crippen LogP) is 1.09. The van der Waals surface area contributed by atoms with Crippen molar-refractivity contribution in [3.05, 3.63) is 12.3 Å². The van der Waals surface area contributed by atoms with Crippen LogP contribution >= 0.6 is 0 Å². The maximum absolute atomic E-state index is 11.9. The van der Waals surface area contributed by atoms with E-state index in [0.29, 0.717) is 11.6 Å². The summed E-state index contributed by atoms with van der Waals surface area (Å²) in [5.41, 5.74) is 1.44. The minimum atomic E-state index is -0.122. The zero-order chi connectivity index (χ0) is 14.4. The molecule has 0 radical (unpaired) electrons. The first-order valence-electron chi connectivity index (χ1n) is 6.19. The fourth-order valence-electron chi connectivity index (χ4n) is 1.56. The molecule has 0 aliphatic rings. The molecule has 0 saturated carbocycles. The van der Waals surface area contributed by atoms with E-state index in [2.05, 4.69) is 15.6 Å². The maximum Gasteiger partial charge on any atom is 0.239 e. The van der Waals surface area contributed by atoms with Crippen LogP contribution in [0.15, 0.2) is 12.3 Å². The van der Waals surface area contributed by atoms with Crippen LogP contribution in [0.4, 0.5) is 11.4 Å². The lowest BCUT2D eigenvalue weighted by Crippen LogP contribution is -2.33. The second-order valence-electron chi connectivity index (χ2n) is 4.69. The summed E-state index contributed by atoms with van der Waals surface area (Å²) in [4.78, 5) is 17.9. The second kappa shape index (κ2) is 6.94. The van der Waals surface area contributed by atoms with Crippen LogP contribution in [-0.4, -0.2) is 44.7 Å². The van der Waals surface area contributed by atoms with Crippen LogP contribution in [0, 0.1) is 0 Å². The van der Waals surface area contributed by atoms with Crippen LogP contribution in [0.2, 0.25) is 0 Å². The standard InChI is InChI=1S/C13H22N4O2/c1-9(2)15-8-11(18)16-12-10(17(3)4)6-7-14-13(12)19-5/h6-7,9,15H,8H2,1-5H3,(H,16,18). The summed E-state index contributed by atoms with van der Waals surface area (Å²) in [6, 6.07) is 2.09. The highest BCUT2D eigenvalue weighted by Gasteiger charge is 2.14. The molecular formula is C13H22N4O2. The van der Waals surface area contributed by atoms with E-state index in [-0.39, 0.29) is 18.5 Å². The summed E-state index contributed by atoms with van der Waals surface area (Å²) in [6.45, 7) is 4.23. The van der Waals surface area contributed by atoms with Crippen LogP contribution in [0.3, 0.4) is 0 Å². The molecule has 6 nitrogen and oxygen atoms in total. The minimum Gasteiger partial charge on any atom is -0.479 e. The largest absolute Gasteiger partial charge is 0.479 e. The van der Waals surface area contributed by atoms with E-state index in [1.54, 1.807) is 6.20 Å². The average molecular weight is 266 g/mol. The molecule has 0 aromatic carbocycles. The molecule has 19 heavy (non-hydrogen) atoms. The second-order valence-corrected chi connectivity index (χ2v) is 4.69. The maximum atomic E-state index is 11.9. The first-order valence-corrected chi connectivity index (χ1v) is 6.19.